The molecule has 0 aliphatic carbocycles. The van der Waals surface area contributed by atoms with E-state index in [0.29, 0.717) is 0 Å². The average molecular weight is 264 g/mol. The van der Waals surface area contributed by atoms with Crippen molar-refractivity contribution in [3.8, 4) is 10.8 Å². The van der Waals surface area contributed by atoms with E-state index in [2.05, 4.69) is 9.88 Å². The number of hydrogen-bond donors (Lipinski definition) is 0. The lowest BCUT2D eigenvalue weighted by Gasteiger charge is -2.25. The minimum atomic E-state index is 0.741. The van der Waals surface area contributed by atoms with Crippen LogP contribution in [0.4, 0.5) is 0 Å². The van der Waals surface area contributed by atoms with Gasteiger partial charge in [-0.05, 0) is 18.4 Å². The lowest BCUT2D eigenvalue weighted by Crippen LogP contribution is -2.35. The van der Waals surface area contributed by atoms with Crippen molar-refractivity contribution in [1.29, 1.82) is 0 Å². The van der Waals surface area contributed by atoms with E-state index in [1.54, 1.807) is 11.3 Å². The van der Waals surface area contributed by atoms with Gasteiger partial charge in [-0.3, -0.25) is 4.90 Å². The van der Waals surface area contributed by atoms with Crippen LogP contribution in [0.25, 0.3) is 10.8 Å². The first-order valence-electron chi connectivity index (χ1n) is 6.13. The molecule has 1 saturated heterocycles. The SMILES string of the molecule is Cc1oc(-c2cccs2)nc1CN1CCOCC1. The summed E-state index contributed by atoms with van der Waals surface area (Å²) in [5.74, 6) is 1.66. The summed E-state index contributed by atoms with van der Waals surface area (Å²) in [6, 6.07) is 4.05. The normalized spacial score (nSPS) is 17.2. The molecule has 3 heterocycles. The molecule has 2 aromatic rings. The molecule has 0 bridgehead atoms. The van der Waals surface area contributed by atoms with Crippen molar-refractivity contribution >= 4 is 11.3 Å². The molecule has 0 unspecified atom stereocenters. The molecule has 5 heteroatoms. The van der Waals surface area contributed by atoms with Crippen molar-refractivity contribution in [3.63, 3.8) is 0 Å². The molecule has 0 N–H and O–H groups in total. The van der Waals surface area contributed by atoms with Crippen LogP contribution in [-0.2, 0) is 11.3 Å². The number of ether oxygens (including phenoxy) is 1. The number of aryl methyl sites for hydroxylation is 1. The zero-order valence-corrected chi connectivity index (χ0v) is 11.2. The number of aromatic nitrogens is 1. The summed E-state index contributed by atoms with van der Waals surface area (Å²) in [4.78, 5) is 8.05. The monoisotopic (exact) mass is 264 g/mol. The molecule has 3 rings (SSSR count). The van der Waals surface area contributed by atoms with Crippen LogP contribution >= 0.6 is 11.3 Å². The van der Waals surface area contributed by atoms with Crippen molar-refractivity contribution in [1.82, 2.24) is 9.88 Å². The smallest absolute Gasteiger partial charge is 0.236 e. The molecule has 0 amide bonds. The number of rotatable bonds is 3. The molecule has 96 valence electrons. The number of oxazole rings is 1. The third-order valence-corrected chi connectivity index (χ3v) is 3.96. The Labute approximate surface area is 110 Å². The predicted octanol–water partition coefficient (Wildman–Crippen LogP) is 2.54. The molecule has 0 aromatic carbocycles. The fourth-order valence-electron chi connectivity index (χ4n) is 2.05. The molecular weight excluding hydrogens is 248 g/mol. The first-order chi connectivity index (χ1) is 8.83. The summed E-state index contributed by atoms with van der Waals surface area (Å²) in [5.41, 5.74) is 1.04. The van der Waals surface area contributed by atoms with Gasteiger partial charge in [-0.1, -0.05) is 6.07 Å². The summed E-state index contributed by atoms with van der Waals surface area (Å²) in [5, 5.41) is 2.04. The maximum atomic E-state index is 5.74. The topological polar surface area (TPSA) is 38.5 Å². The second kappa shape index (κ2) is 5.22. The highest BCUT2D eigenvalue weighted by molar-refractivity contribution is 7.13. The van der Waals surface area contributed by atoms with Crippen molar-refractivity contribution in [2.24, 2.45) is 0 Å². The fourth-order valence-corrected chi connectivity index (χ4v) is 2.70. The Kier molecular flexibility index (Phi) is 3.45. The number of hydrogen-bond acceptors (Lipinski definition) is 5. The van der Waals surface area contributed by atoms with E-state index in [0.717, 1.165) is 55.1 Å². The summed E-state index contributed by atoms with van der Waals surface area (Å²) < 4.78 is 11.1. The molecule has 1 aliphatic rings. The second-order valence-electron chi connectivity index (χ2n) is 4.39. The Morgan fingerprint density at radius 3 is 2.94 bits per heavy atom. The average Bonchev–Trinajstić information content (AvgIpc) is 3.01. The Hall–Kier alpha value is -1.17. The van der Waals surface area contributed by atoms with Crippen molar-refractivity contribution in [2.75, 3.05) is 26.3 Å². The van der Waals surface area contributed by atoms with Gasteiger partial charge in [-0.25, -0.2) is 4.98 Å². The van der Waals surface area contributed by atoms with Crippen LogP contribution < -0.4 is 0 Å². The molecule has 4 nitrogen and oxygen atoms in total. The predicted molar refractivity (Wildman–Crippen MR) is 70.6 cm³/mol. The van der Waals surface area contributed by atoms with E-state index in [-0.39, 0.29) is 0 Å². The first kappa shape index (κ1) is 11.9. The van der Waals surface area contributed by atoms with Gasteiger partial charge < -0.3 is 9.15 Å². The highest BCUT2D eigenvalue weighted by atomic mass is 32.1. The summed E-state index contributed by atoms with van der Waals surface area (Å²) in [6.45, 7) is 6.41. The molecule has 2 aromatic heterocycles. The Morgan fingerprint density at radius 1 is 1.39 bits per heavy atom. The first-order valence-corrected chi connectivity index (χ1v) is 7.01. The van der Waals surface area contributed by atoms with Crippen LogP contribution in [-0.4, -0.2) is 36.2 Å². The Morgan fingerprint density at radius 2 is 2.22 bits per heavy atom. The maximum Gasteiger partial charge on any atom is 0.236 e. The highest BCUT2D eigenvalue weighted by Gasteiger charge is 2.17. The molecule has 0 radical (unpaired) electrons. The number of nitrogens with zero attached hydrogens (tertiary/aromatic N) is 2. The van der Waals surface area contributed by atoms with Gasteiger partial charge in [0.25, 0.3) is 0 Å². The molecule has 1 aliphatic heterocycles. The van der Waals surface area contributed by atoms with Crippen molar-refractivity contribution < 1.29 is 9.15 Å². The van der Waals surface area contributed by atoms with Crippen LogP contribution in [0.1, 0.15) is 11.5 Å². The van der Waals surface area contributed by atoms with E-state index >= 15 is 0 Å². The van der Waals surface area contributed by atoms with E-state index in [1.807, 2.05) is 24.4 Å². The molecule has 18 heavy (non-hydrogen) atoms. The van der Waals surface area contributed by atoms with Gasteiger partial charge in [0.1, 0.15) is 5.76 Å². The molecule has 0 saturated carbocycles. The van der Waals surface area contributed by atoms with Crippen molar-refractivity contribution in [3.05, 3.63) is 29.0 Å². The third kappa shape index (κ3) is 2.48. The van der Waals surface area contributed by atoms with Crippen LogP contribution in [0.15, 0.2) is 21.9 Å². The van der Waals surface area contributed by atoms with Gasteiger partial charge in [0.05, 0.1) is 23.8 Å². The van der Waals surface area contributed by atoms with E-state index in [1.165, 1.54) is 0 Å². The fraction of sp³-hybridized carbons (Fsp3) is 0.462. The summed E-state index contributed by atoms with van der Waals surface area (Å²) in [7, 11) is 0. The second-order valence-corrected chi connectivity index (χ2v) is 5.34. The van der Waals surface area contributed by atoms with Gasteiger partial charge in [0.15, 0.2) is 0 Å². The maximum absolute atomic E-state index is 5.74. The van der Waals surface area contributed by atoms with Crippen LogP contribution in [0.5, 0.6) is 0 Å². The Bertz CT molecular complexity index is 501. The lowest BCUT2D eigenvalue weighted by atomic mass is 10.3. The van der Waals surface area contributed by atoms with Gasteiger partial charge in [-0.2, -0.15) is 0 Å². The third-order valence-electron chi connectivity index (χ3n) is 3.10. The van der Waals surface area contributed by atoms with Crippen LogP contribution in [0, 0.1) is 6.92 Å². The minimum absolute atomic E-state index is 0.741. The molecule has 1 fully saturated rings. The van der Waals surface area contributed by atoms with Gasteiger partial charge >= 0.3 is 0 Å². The highest BCUT2D eigenvalue weighted by Crippen LogP contribution is 2.26. The number of thiophene rings is 1. The van der Waals surface area contributed by atoms with Crippen LogP contribution in [0.2, 0.25) is 0 Å². The van der Waals surface area contributed by atoms with Gasteiger partial charge in [-0.15, -0.1) is 11.3 Å². The van der Waals surface area contributed by atoms with E-state index in [4.69, 9.17) is 9.15 Å². The van der Waals surface area contributed by atoms with Crippen LogP contribution in [0.3, 0.4) is 0 Å². The molecular formula is C13H16N2O2S. The molecule has 0 atom stereocenters. The quantitative estimate of drug-likeness (QED) is 0.854. The standard InChI is InChI=1S/C13H16N2O2S/c1-10-11(9-15-4-6-16-7-5-15)14-13(17-10)12-3-2-8-18-12/h2-3,8H,4-7,9H2,1H3. The number of morpholine rings is 1. The summed E-state index contributed by atoms with van der Waals surface area (Å²) >= 11 is 1.65. The van der Waals surface area contributed by atoms with E-state index in [9.17, 15) is 0 Å². The Balaban J connectivity index is 1.76. The largest absolute Gasteiger partial charge is 0.440 e. The minimum Gasteiger partial charge on any atom is -0.440 e. The summed E-state index contributed by atoms with van der Waals surface area (Å²) in [6.07, 6.45) is 0. The molecule has 0 spiro atoms. The van der Waals surface area contributed by atoms with Crippen molar-refractivity contribution in [2.45, 2.75) is 13.5 Å². The van der Waals surface area contributed by atoms with Gasteiger partial charge in [0.2, 0.25) is 5.89 Å². The zero-order chi connectivity index (χ0) is 12.4. The van der Waals surface area contributed by atoms with Gasteiger partial charge in [0, 0.05) is 19.6 Å². The van der Waals surface area contributed by atoms with E-state index < -0.39 is 0 Å². The lowest BCUT2D eigenvalue weighted by molar-refractivity contribution is 0.0335. The zero-order valence-electron chi connectivity index (χ0n) is 10.4.